The predicted octanol–water partition coefficient (Wildman–Crippen LogP) is 2.91. The molecule has 5 heteroatoms. The number of hydrogen-bond donors (Lipinski definition) is 1. The van der Waals surface area contributed by atoms with Crippen molar-refractivity contribution in [3.63, 3.8) is 0 Å². The van der Waals surface area contributed by atoms with Gasteiger partial charge in [-0.2, -0.15) is 0 Å². The van der Waals surface area contributed by atoms with E-state index in [0.717, 1.165) is 21.6 Å². The fourth-order valence-corrected chi connectivity index (χ4v) is 3.21. The van der Waals surface area contributed by atoms with Crippen LogP contribution in [0.25, 0.3) is 10.2 Å². The second-order valence-electron chi connectivity index (χ2n) is 4.55. The standard InChI is InChI=1S/C13H13NO3S/c1-7-2-5-11-8(6-7)14-12(18-11)9-3-4-10(17-9)13(15)16/h2,5-6,9-10H,3-4H2,1H3,(H,15,16). The van der Waals surface area contributed by atoms with Crippen LogP contribution < -0.4 is 0 Å². The molecule has 4 nitrogen and oxygen atoms in total. The van der Waals surface area contributed by atoms with Gasteiger partial charge in [-0.25, -0.2) is 9.78 Å². The van der Waals surface area contributed by atoms with Gasteiger partial charge in [0.1, 0.15) is 11.1 Å². The molecule has 1 aliphatic heterocycles. The smallest absolute Gasteiger partial charge is 0.332 e. The summed E-state index contributed by atoms with van der Waals surface area (Å²) in [7, 11) is 0. The maximum Gasteiger partial charge on any atom is 0.332 e. The molecule has 18 heavy (non-hydrogen) atoms. The molecule has 0 bridgehead atoms. The van der Waals surface area contributed by atoms with Crippen molar-refractivity contribution in [2.75, 3.05) is 0 Å². The van der Waals surface area contributed by atoms with Gasteiger partial charge in [0.25, 0.3) is 0 Å². The average molecular weight is 263 g/mol. The number of aromatic nitrogens is 1. The highest BCUT2D eigenvalue weighted by Gasteiger charge is 2.33. The molecule has 1 N–H and O–H groups in total. The summed E-state index contributed by atoms with van der Waals surface area (Å²) in [4.78, 5) is 15.4. The van der Waals surface area contributed by atoms with Crippen molar-refractivity contribution in [3.8, 4) is 0 Å². The van der Waals surface area contributed by atoms with E-state index >= 15 is 0 Å². The van der Waals surface area contributed by atoms with Crippen LogP contribution in [0.2, 0.25) is 0 Å². The maximum absolute atomic E-state index is 10.9. The van der Waals surface area contributed by atoms with Gasteiger partial charge in [-0.1, -0.05) is 6.07 Å². The molecule has 1 aromatic carbocycles. The van der Waals surface area contributed by atoms with E-state index < -0.39 is 12.1 Å². The normalized spacial score (nSPS) is 23.6. The zero-order valence-electron chi connectivity index (χ0n) is 9.92. The lowest BCUT2D eigenvalue weighted by Gasteiger charge is -2.07. The number of thiazole rings is 1. The van der Waals surface area contributed by atoms with Crippen molar-refractivity contribution in [3.05, 3.63) is 28.8 Å². The highest BCUT2D eigenvalue weighted by atomic mass is 32.1. The third-order valence-corrected chi connectivity index (χ3v) is 4.26. The molecule has 1 fully saturated rings. The first-order chi connectivity index (χ1) is 8.63. The number of fused-ring (bicyclic) bond motifs is 1. The van der Waals surface area contributed by atoms with Crippen LogP contribution in [0.4, 0.5) is 0 Å². The van der Waals surface area contributed by atoms with Gasteiger partial charge in [0.15, 0.2) is 6.10 Å². The zero-order valence-corrected chi connectivity index (χ0v) is 10.7. The van der Waals surface area contributed by atoms with E-state index in [2.05, 4.69) is 17.1 Å². The largest absolute Gasteiger partial charge is 0.479 e. The Kier molecular flexibility index (Phi) is 2.80. The van der Waals surface area contributed by atoms with Crippen molar-refractivity contribution in [2.45, 2.75) is 32.0 Å². The molecular formula is C13H13NO3S. The summed E-state index contributed by atoms with van der Waals surface area (Å²) in [5, 5.41) is 9.80. The van der Waals surface area contributed by atoms with Crippen LogP contribution in [0, 0.1) is 6.92 Å². The SMILES string of the molecule is Cc1ccc2sc(C3CCC(C(=O)O)O3)nc2c1. The molecule has 2 unspecified atom stereocenters. The van der Waals surface area contributed by atoms with Gasteiger partial charge < -0.3 is 9.84 Å². The molecule has 0 spiro atoms. The van der Waals surface area contributed by atoms with Crippen molar-refractivity contribution >= 4 is 27.5 Å². The molecule has 94 valence electrons. The topological polar surface area (TPSA) is 59.4 Å². The van der Waals surface area contributed by atoms with E-state index in [1.54, 1.807) is 11.3 Å². The minimum Gasteiger partial charge on any atom is -0.479 e. The van der Waals surface area contributed by atoms with E-state index in [-0.39, 0.29) is 6.10 Å². The molecular weight excluding hydrogens is 250 g/mol. The summed E-state index contributed by atoms with van der Waals surface area (Å²) in [6, 6.07) is 6.15. The Bertz CT molecular complexity index is 607. The van der Waals surface area contributed by atoms with Gasteiger partial charge in [-0.05, 0) is 37.5 Å². The summed E-state index contributed by atoms with van der Waals surface area (Å²) >= 11 is 1.59. The van der Waals surface area contributed by atoms with Crippen LogP contribution in [-0.4, -0.2) is 22.2 Å². The molecule has 1 saturated heterocycles. The number of aliphatic carboxylic acids is 1. The third-order valence-electron chi connectivity index (χ3n) is 3.13. The molecule has 2 aromatic rings. The molecule has 0 aliphatic carbocycles. The van der Waals surface area contributed by atoms with Crippen LogP contribution in [0.3, 0.4) is 0 Å². The molecule has 2 heterocycles. The van der Waals surface area contributed by atoms with Gasteiger partial charge in [0.05, 0.1) is 10.2 Å². The fraction of sp³-hybridized carbons (Fsp3) is 0.385. The summed E-state index contributed by atoms with van der Waals surface area (Å²) in [6.45, 7) is 2.03. The third kappa shape index (κ3) is 2.00. The summed E-state index contributed by atoms with van der Waals surface area (Å²) in [6.07, 6.45) is 0.456. The Labute approximate surface area is 108 Å². The van der Waals surface area contributed by atoms with E-state index in [0.29, 0.717) is 6.42 Å². The number of ether oxygens (including phenoxy) is 1. The number of aryl methyl sites for hydroxylation is 1. The van der Waals surface area contributed by atoms with E-state index in [1.807, 2.05) is 13.0 Å². The number of carboxylic acids is 1. The Morgan fingerprint density at radius 3 is 3.06 bits per heavy atom. The lowest BCUT2D eigenvalue weighted by Crippen LogP contribution is -2.18. The van der Waals surface area contributed by atoms with Crippen molar-refractivity contribution in [2.24, 2.45) is 0 Å². The highest BCUT2D eigenvalue weighted by Crippen LogP contribution is 2.37. The summed E-state index contributed by atoms with van der Waals surface area (Å²) < 4.78 is 6.64. The molecule has 2 atom stereocenters. The molecule has 0 saturated carbocycles. The molecule has 0 radical (unpaired) electrons. The second kappa shape index (κ2) is 4.33. The van der Waals surface area contributed by atoms with Crippen LogP contribution in [0.1, 0.15) is 29.5 Å². The van der Waals surface area contributed by atoms with Crippen LogP contribution in [-0.2, 0) is 9.53 Å². The molecule has 1 aliphatic rings. The minimum absolute atomic E-state index is 0.163. The van der Waals surface area contributed by atoms with Gasteiger partial charge in [0.2, 0.25) is 0 Å². The number of benzene rings is 1. The first kappa shape index (κ1) is 11.6. The van der Waals surface area contributed by atoms with E-state index in [1.165, 1.54) is 5.56 Å². The van der Waals surface area contributed by atoms with Gasteiger partial charge in [-0.3, -0.25) is 0 Å². The average Bonchev–Trinajstić information content (AvgIpc) is 2.93. The lowest BCUT2D eigenvalue weighted by molar-refractivity contribution is -0.149. The van der Waals surface area contributed by atoms with Gasteiger partial charge in [-0.15, -0.1) is 11.3 Å². The molecule has 1 aromatic heterocycles. The van der Waals surface area contributed by atoms with E-state index in [4.69, 9.17) is 9.84 Å². The number of nitrogens with zero attached hydrogens (tertiary/aromatic N) is 1. The minimum atomic E-state index is -0.880. The van der Waals surface area contributed by atoms with Crippen molar-refractivity contribution in [1.82, 2.24) is 4.98 Å². The number of carbonyl (C=O) groups is 1. The van der Waals surface area contributed by atoms with Crippen LogP contribution in [0.15, 0.2) is 18.2 Å². The zero-order chi connectivity index (χ0) is 12.7. The number of rotatable bonds is 2. The number of hydrogen-bond acceptors (Lipinski definition) is 4. The van der Waals surface area contributed by atoms with Gasteiger partial charge >= 0.3 is 5.97 Å². The predicted molar refractivity (Wildman–Crippen MR) is 68.8 cm³/mol. The second-order valence-corrected chi connectivity index (χ2v) is 5.61. The van der Waals surface area contributed by atoms with Crippen LogP contribution >= 0.6 is 11.3 Å². The highest BCUT2D eigenvalue weighted by molar-refractivity contribution is 7.18. The summed E-state index contributed by atoms with van der Waals surface area (Å²) in [5.74, 6) is -0.880. The van der Waals surface area contributed by atoms with Crippen molar-refractivity contribution in [1.29, 1.82) is 0 Å². The Morgan fingerprint density at radius 1 is 1.50 bits per heavy atom. The van der Waals surface area contributed by atoms with E-state index in [9.17, 15) is 4.79 Å². The fourth-order valence-electron chi connectivity index (χ4n) is 2.19. The Morgan fingerprint density at radius 2 is 2.33 bits per heavy atom. The maximum atomic E-state index is 10.9. The van der Waals surface area contributed by atoms with Crippen molar-refractivity contribution < 1.29 is 14.6 Å². The lowest BCUT2D eigenvalue weighted by atomic mass is 10.2. The summed E-state index contributed by atoms with van der Waals surface area (Å²) in [5.41, 5.74) is 2.15. The quantitative estimate of drug-likeness (QED) is 0.905. The molecule has 0 amide bonds. The Hall–Kier alpha value is -1.46. The first-order valence-corrected chi connectivity index (χ1v) is 6.70. The first-order valence-electron chi connectivity index (χ1n) is 5.89. The monoisotopic (exact) mass is 263 g/mol. The Balaban J connectivity index is 1.89. The van der Waals surface area contributed by atoms with Gasteiger partial charge in [0, 0.05) is 0 Å². The van der Waals surface area contributed by atoms with Crippen LogP contribution in [0.5, 0.6) is 0 Å². The molecule has 3 rings (SSSR count). The number of carboxylic acid groups (broad SMARTS) is 1.